The summed E-state index contributed by atoms with van der Waals surface area (Å²) in [7, 11) is 0. The first-order valence-corrected chi connectivity index (χ1v) is 11.1. The molecule has 4 nitrogen and oxygen atoms in total. The molecule has 0 aliphatic carbocycles. The Morgan fingerprint density at radius 2 is 1.77 bits per heavy atom. The number of hydrogen-bond acceptors (Lipinski definition) is 4. The van der Waals surface area contributed by atoms with Crippen LogP contribution in [-0.4, -0.2) is 27.7 Å². The van der Waals surface area contributed by atoms with Crippen LogP contribution in [0.2, 0.25) is 10.0 Å². The fraction of sp³-hybridized carbons (Fsp3) is 0.200. The quantitative estimate of drug-likeness (QED) is 0.385. The van der Waals surface area contributed by atoms with Gasteiger partial charge in [0.05, 0.1) is 11.1 Å². The van der Waals surface area contributed by atoms with E-state index in [4.69, 9.17) is 33.2 Å². The predicted molar refractivity (Wildman–Crippen MR) is 127 cm³/mol. The molecular weight excluding hydrogens is 429 g/mol. The fourth-order valence-corrected chi connectivity index (χ4v) is 4.73. The molecule has 6 heteroatoms. The molecule has 2 heterocycles. The Morgan fingerprint density at radius 3 is 2.61 bits per heavy atom. The second-order valence-corrected chi connectivity index (χ2v) is 8.75. The Bertz CT molecular complexity index is 1260. The summed E-state index contributed by atoms with van der Waals surface area (Å²) in [5.41, 5.74) is 2.59. The molecule has 0 radical (unpaired) electrons. The number of fused-ring (bicyclic) bond motifs is 1. The standard InChI is InChI=1S/C25H21Cl2N3O/c26-17-6-3-5-16(13-17)14-19-7-4-12-30(19)25-20-11-10-18(27)15-22(20)28-24(29-25)21-8-1-2-9-23(21)31/h1-3,5-6,8-11,13,15,19,31H,4,7,12,14H2. The van der Waals surface area contributed by atoms with Gasteiger partial charge in [-0.25, -0.2) is 9.97 Å². The number of phenols is 1. The maximum absolute atomic E-state index is 10.4. The van der Waals surface area contributed by atoms with E-state index in [1.807, 2.05) is 48.5 Å². The molecule has 1 unspecified atom stereocenters. The average Bonchev–Trinajstić information content (AvgIpc) is 3.21. The van der Waals surface area contributed by atoms with Gasteiger partial charge in [-0.3, -0.25) is 0 Å². The van der Waals surface area contributed by atoms with Crippen molar-refractivity contribution >= 4 is 39.9 Å². The molecule has 1 aromatic heterocycles. The van der Waals surface area contributed by atoms with Crippen LogP contribution in [0.3, 0.4) is 0 Å². The van der Waals surface area contributed by atoms with Crippen LogP contribution >= 0.6 is 23.2 Å². The van der Waals surface area contributed by atoms with Crippen molar-refractivity contribution in [1.29, 1.82) is 0 Å². The molecule has 1 N–H and O–H groups in total. The molecule has 1 saturated heterocycles. The highest BCUT2D eigenvalue weighted by Gasteiger charge is 2.28. The van der Waals surface area contributed by atoms with E-state index >= 15 is 0 Å². The van der Waals surface area contributed by atoms with Crippen LogP contribution in [0.15, 0.2) is 66.7 Å². The van der Waals surface area contributed by atoms with Gasteiger partial charge in [-0.1, -0.05) is 47.5 Å². The number of nitrogens with zero attached hydrogens (tertiary/aromatic N) is 3. The van der Waals surface area contributed by atoms with Gasteiger partial charge in [0.25, 0.3) is 0 Å². The second kappa shape index (κ2) is 8.37. The molecule has 156 valence electrons. The summed E-state index contributed by atoms with van der Waals surface area (Å²) in [6.07, 6.45) is 3.07. The first kappa shape index (κ1) is 20.1. The Morgan fingerprint density at radius 1 is 0.935 bits per heavy atom. The monoisotopic (exact) mass is 449 g/mol. The minimum atomic E-state index is 0.159. The number of aromatic hydroxyl groups is 1. The van der Waals surface area contributed by atoms with Crippen LogP contribution in [0.25, 0.3) is 22.3 Å². The van der Waals surface area contributed by atoms with Gasteiger partial charge in [-0.05, 0) is 67.3 Å². The van der Waals surface area contributed by atoms with Gasteiger partial charge < -0.3 is 10.0 Å². The normalized spacial score (nSPS) is 16.2. The third kappa shape index (κ3) is 4.06. The number of rotatable bonds is 4. The Labute approximate surface area is 191 Å². The summed E-state index contributed by atoms with van der Waals surface area (Å²) in [5, 5.41) is 12.7. The SMILES string of the molecule is Oc1ccccc1-c1nc(N2CCCC2Cc2cccc(Cl)c2)c2ccc(Cl)cc2n1. The molecule has 31 heavy (non-hydrogen) atoms. The molecule has 5 rings (SSSR count). The average molecular weight is 450 g/mol. The Kier molecular flexibility index (Phi) is 5.43. The lowest BCUT2D eigenvalue weighted by Gasteiger charge is -2.27. The molecule has 0 saturated carbocycles. The Balaban J connectivity index is 1.61. The highest BCUT2D eigenvalue weighted by Crippen LogP contribution is 2.36. The van der Waals surface area contributed by atoms with Crippen LogP contribution < -0.4 is 4.90 Å². The van der Waals surface area contributed by atoms with E-state index in [2.05, 4.69) is 11.0 Å². The van der Waals surface area contributed by atoms with Crippen LogP contribution in [-0.2, 0) is 6.42 Å². The van der Waals surface area contributed by atoms with Crippen molar-refractivity contribution in [1.82, 2.24) is 9.97 Å². The van der Waals surface area contributed by atoms with Gasteiger partial charge in [0, 0.05) is 28.0 Å². The van der Waals surface area contributed by atoms with Crippen molar-refractivity contribution in [2.24, 2.45) is 0 Å². The first-order chi connectivity index (χ1) is 15.1. The van der Waals surface area contributed by atoms with Crippen LogP contribution in [0, 0.1) is 0 Å². The third-order valence-electron chi connectivity index (χ3n) is 5.79. The predicted octanol–water partition coefficient (Wildman–Crippen LogP) is 6.52. The number of phenolic OH excluding ortho intramolecular Hbond substituents is 1. The summed E-state index contributed by atoms with van der Waals surface area (Å²) >= 11 is 12.5. The summed E-state index contributed by atoms with van der Waals surface area (Å²) in [5.74, 6) is 1.53. The van der Waals surface area contributed by atoms with E-state index in [9.17, 15) is 5.11 Å². The van der Waals surface area contributed by atoms with Crippen LogP contribution in [0.5, 0.6) is 5.75 Å². The topological polar surface area (TPSA) is 49.3 Å². The maximum atomic E-state index is 10.4. The molecular formula is C25H21Cl2N3O. The van der Waals surface area contributed by atoms with Gasteiger partial charge in [-0.15, -0.1) is 0 Å². The summed E-state index contributed by atoms with van der Waals surface area (Å²) < 4.78 is 0. The molecule has 3 aromatic carbocycles. The van der Waals surface area contributed by atoms with Crippen molar-refractivity contribution in [2.45, 2.75) is 25.3 Å². The molecule has 1 aliphatic rings. The van der Waals surface area contributed by atoms with Crippen molar-refractivity contribution in [3.8, 4) is 17.1 Å². The van der Waals surface area contributed by atoms with Crippen molar-refractivity contribution in [2.75, 3.05) is 11.4 Å². The molecule has 0 amide bonds. The fourth-order valence-electron chi connectivity index (χ4n) is 4.35. The number of aromatic nitrogens is 2. The van der Waals surface area contributed by atoms with Crippen molar-refractivity contribution < 1.29 is 5.11 Å². The number of benzene rings is 3. The number of halogens is 2. The van der Waals surface area contributed by atoms with E-state index in [1.165, 1.54) is 5.56 Å². The van der Waals surface area contributed by atoms with Crippen LogP contribution in [0.1, 0.15) is 18.4 Å². The van der Waals surface area contributed by atoms with E-state index in [1.54, 1.807) is 12.1 Å². The van der Waals surface area contributed by atoms with Crippen molar-refractivity contribution in [3.05, 3.63) is 82.3 Å². The molecule has 1 aliphatic heterocycles. The second-order valence-electron chi connectivity index (χ2n) is 7.87. The lowest BCUT2D eigenvalue weighted by Crippen LogP contribution is -2.32. The van der Waals surface area contributed by atoms with E-state index in [0.29, 0.717) is 22.5 Å². The zero-order valence-electron chi connectivity index (χ0n) is 16.8. The molecule has 4 aromatic rings. The zero-order chi connectivity index (χ0) is 21.4. The van der Waals surface area contributed by atoms with E-state index in [0.717, 1.165) is 47.6 Å². The number of hydrogen-bond donors (Lipinski definition) is 1. The van der Waals surface area contributed by atoms with Gasteiger partial charge in [-0.2, -0.15) is 0 Å². The highest BCUT2D eigenvalue weighted by atomic mass is 35.5. The van der Waals surface area contributed by atoms with E-state index in [-0.39, 0.29) is 5.75 Å². The molecule has 0 spiro atoms. The summed E-state index contributed by atoms with van der Waals surface area (Å²) in [6, 6.07) is 21.2. The molecule has 1 atom stereocenters. The van der Waals surface area contributed by atoms with Crippen molar-refractivity contribution in [3.63, 3.8) is 0 Å². The van der Waals surface area contributed by atoms with Crippen LogP contribution in [0.4, 0.5) is 5.82 Å². The minimum absolute atomic E-state index is 0.159. The molecule has 0 bridgehead atoms. The largest absolute Gasteiger partial charge is 0.507 e. The summed E-state index contributed by atoms with van der Waals surface area (Å²) in [4.78, 5) is 12.0. The minimum Gasteiger partial charge on any atom is -0.507 e. The summed E-state index contributed by atoms with van der Waals surface area (Å²) in [6.45, 7) is 0.917. The smallest absolute Gasteiger partial charge is 0.165 e. The lowest BCUT2D eigenvalue weighted by atomic mass is 10.0. The Hall–Kier alpha value is -2.82. The van der Waals surface area contributed by atoms with Gasteiger partial charge in [0.2, 0.25) is 0 Å². The maximum Gasteiger partial charge on any atom is 0.165 e. The zero-order valence-corrected chi connectivity index (χ0v) is 18.3. The molecule has 1 fully saturated rings. The van der Waals surface area contributed by atoms with Gasteiger partial charge >= 0.3 is 0 Å². The first-order valence-electron chi connectivity index (χ1n) is 10.4. The van der Waals surface area contributed by atoms with Gasteiger partial charge in [0.1, 0.15) is 11.6 Å². The number of anilines is 1. The number of para-hydroxylation sites is 1. The van der Waals surface area contributed by atoms with E-state index < -0.39 is 0 Å². The lowest BCUT2D eigenvalue weighted by molar-refractivity contribution is 0.477. The third-order valence-corrected chi connectivity index (χ3v) is 6.26. The van der Waals surface area contributed by atoms with Gasteiger partial charge in [0.15, 0.2) is 5.82 Å². The highest BCUT2D eigenvalue weighted by molar-refractivity contribution is 6.31.